The van der Waals surface area contributed by atoms with Crippen LogP contribution in [0.4, 0.5) is 23.2 Å². The van der Waals surface area contributed by atoms with E-state index in [-0.39, 0.29) is 28.5 Å². The second kappa shape index (κ2) is 6.39. The van der Waals surface area contributed by atoms with Crippen LogP contribution in [0, 0.1) is 5.82 Å². The maximum absolute atomic E-state index is 12.8. The predicted octanol–water partition coefficient (Wildman–Crippen LogP) is 5.61. The van der Waals surface area contributed by atoms with Gasteiger partial charge in [0.1, 0.15) is 5.82 Å². The van der Waals surface area contributed by atoms with Gasteiger partial charge in [-0.3, -0.25) is 0 Å². The molecular formula is C15H13F4NS. The normalized spacial score (nSPS) is 13.0. The molecule has 0 fully saturated rings. The van der Waals surface area contributed by atoms with Crippen LogP contribution in [-0.2, 0) is 0 Å². The van der Waals surface area contributed by atoms with E-state index in [1.165, 1.54) is 24.3 Å². The summed E-state index contributed by atoms with van der Waals surface area (Å²) < 4.78 is 49.5. The number of hydrogen-bond donors (Lipinski definition) is 1. The van der Waals surface area contributed by atoms with Gasteiger partial charge in [0.15, 0.2) is 0 Å². The summed E-state index contributed by atoms with van der Waals surface area (Å²) in [4.78, 5) is 0.141. The zero-order valence-corrected chi connectivity index (χ0v) is 11.9. The summed E-state index contributed by atoms with van der Waals surface area (Å²) in [5, 5.41) is 3.15. The summed E-state index contributed by atoms with van der Waals surface area (Å²) in [6.07, 6.45) is 0. The van der Waals surface area contributed by atoms with Gasteiger partial charge in [0, 0.05) is 16.6 Å². The number of benzene rings is 2. The van der Waals surface area contributed by atoms with Crippen molar-refractivity contribution in [3.05, 3.63) is 59.9 Å². The van der Waals surface area contributed by atoms with Crippen LogP contribution in [0.1, 0.15) is 18.5 Å². The smallest absolute Gasteiger partial charge is 0.379 e. The second-order valence-corrected chi connectivity index (χ2v) is 5.63. The lowest BCUT2D eigenvalue weighted by Gasteiger charge is -2.16. The molecule has 0 aromatic heterocycles. The molecule has 0 spiro atoms. The predicted molar refractivity (Wildman–Crippen MR) is 76.8 cm³/mol. The highest BCUT2D eigenvalue weighted by atomic mass is 32.2. The Kier molecular flexibility index (Phi) is 4.77. The van der Waals surface area contributed by atoms with Crippen LogP contribution in [-0.4, -0.2) is 5.51 Å². The van der Waals surface area contributed by atoms with Crippen LogP contribution in [0.25, 0.3) is 0 Å². The first kappa shape index (κ1) is 15.7. The quantitative estimate of drug-likeness (QED) is 0.581. The van der Waals surface area contributed by atoms with Crippen molar-refractivity contribution in [3.63, 3.8) is 0 Å². The van der Waals surface area contributed by atoms with Gasteiger partial charge in [-0.15, -0.1) is 0 Å². The van der Waals surface area contributed by atoms with Crippen molar-refractivity contribution in [2.24, 2.45) is 0 Å². The van der Waals surface area contributed by atoms with Gasteiger partial charge in [0.2, 0.25) is 0 Å². The molecule has 1 nitrogen and oxygen atoms in total. The number of alkyl halides is 3. The molecule has 2 aromatic rings. The molecule has 0 saturated carbocycles. The summed E-state index contributed by atoms with van der Waals surface area (Å²) >= 11 is -0.143. The van der Waals surface area contributed by atoms with Gasteiger partial charge < -0.3 is 5.32 Å². The summed E-state index contributed by atoms with van der Waals surface area (Å²) in [6.45, 7) is 1.89. The summed E-state index contributed by atoms with van der Waals surface area (Å²) in [7, 11) is 0. The first-order valence-electron chi connectivity index (χ1n) is 6.21. The molecule has 1 N–H and O–H groups in total. The van der Waals surface area contributed by atoms with E-state index >= 15 is 0 Å². The third-order valence-electron chi connectivity index (χ3n) is 2.84. The van der Waals surface area contributed by atoms with Crippen molar-refractivity contribution in [1.82, 2.24) is 0 Å². The Morgan fingerprint density at radius 1 is 0.952 bits per heavy atom. The first-order chi connectivity index (χ1) is 9.83. The van der Waals surface area contributed by atoms with Crippen molar-refractivity contribution in [3.8, 4) is 0 Å². The number of halogens is 4. The van der Waals surface area contributed by atoms with Crippen molar-refractivity contribution < 1.29 is 17.6 Å². The number of nitrogens with one attached hydrogen (secondary N) is 1. The average molecular weight is 315 g/mol. The van der Waals surface area contributed by atoms with Crippen LogP contribution in [0.2, 0.25) is 0 Å². The molecule has 0 amide bonds. The minimum Gasteiger partial charge on any atom is -0.379 e. The van der Waals surface area contributed by atoms with E-state index in [1.54, 1.807) is 24.3 Å². The van der Waals surface area contributed by atoms with Crippen LogP contribution in [0.5, 0.6) is 0 Å². The molecular weight excluding hydrogens is 302 g/mol. The van der Waals surface area contributed by atoms with E-state index in [4.69, 9.17) is 0 Å². The summed E-state index contributed by atoms with van der Waals surface area (Å²) in [6, 6.07) is 12.0. The minimum absolute atomic E-state index is 0.0771. The number of thioether (sulfide) groups is 1. The van der Waals surface area contributed by atoms with Gasteiger partial charge in [-0.1, -0.05) is 12.1 Å². The molecule has 0 bridgehead atoms. The third kappa shape index (κ3) is 4.97. The van der Waals surface area contributed by atoms with Gasteiger partial charge in [0.05, 0.1) is 0 Å². The fourth-order valence-corrected chi connectivity index (χ4v) is 2.38. The van der Waals surface area contributed by atoms with Crippen molar-refractivity contribution in [2.45, 2.75) is 23.4 Å². The number of rotatable bonds is 4. The van der Waals surface area contributed by atoms with Crippen LogP contribution >= 0.6 is 11.8 Å². The average Bonchev–Trinajstić information content (AvgIpc) is 2.40. The van der Waals surface area contributed by atoms with E-state index in [1.807, 2.05) is 6.92 Å². The van der Waals surface area contributed by atoms with Gasteiger partial charge in [0.25, 0.3) is 0 Å². The fraction of sp³-hybridized carbons (Fsp3) is 0.200. The number of hydrogen-bond acceptors (Lipinski definition) is 2. The maximum atomic E-state index is 12.8. The molecule has 0 aliphatic rings. The Hall–Kier alpha value is -1.69. The Balaban J connectivity index is 2.01. The number of anilines is 1. The van der Waals surface area contributed by atoms with Gasteiger partial charge in [-0.05, 0) is 60.6 Å². The maximum Gasteiger partial charge on any atom is 0.446 e. The molecule has 112 valence electrons. The van der Waals surface area contributed by atoms with Gasteiger partial charge in [-0.2, -0.15) is 13.2 Å². The van der Waals surface area contributed by atoms with Crippen LogP contribution in [0.3, 0.4) is 0 Å². The Morgan fingerprint density at radius 2 is 1.52 bits per heavy atom. The van der Waals surface area contributed by atoms with E-state index in [2.05, 4.69) is 5.32 Å². The van der Waals surface area contributed by atoms with E-state index in [0.717, 1.165) is 5.56 Å². The molecule has 0 radical (unpaired) electrons. The second-order valence-electron chi connectivity index (χ2n) is 4.49. The molecule has 2 aromatic carbocycles. The standard InChI is InChI=1S/C15H13F4NS/c1-10(11-2-4-12(16)5-3-11)20-13-6-8-14(9-7-13)21-15(17,18)19/h2-10,20H,1H3. The largest absolute Gasteiger partial charge is 0.446 e. The Morgan fingerprint density at radius 3 is 2.05 bits per heavy atom. The lowest BCUT2D eigenvalue weighted by atomic mass is 10.1. The highest BCUT2D eigenvalue weighted by Gasteiger charge is 2.28. The Labute approximate surface area is 124 Å². The van der Waals surface area contributed by atoms with Crippen LogP contribution < -0.4 is 5.32 Å². The zero-order valence-electron chi connectivity index (χ0n) is 11.1. The van der Waals surface area contributed by atoms with E-state index in [0.29, 0.717) is 5.69 Å². The highest BCUT2D eigenvalue weighted by Crippen LogP contribution is 2.37. The fourth-order valence-electron chi connectivity index (χ4n) is 1.84. The molecule has 1 atom stereocenters. The van der Waals surface area contributed by atoms with Crippen molar-refractivity contribution >= 4 is 17.4 Å². The SMILES string of the molecule is CC(Nc1ccc(SC(F)(F)F)cc1)c1ccc(F)cc1. The molecule has 0 saturated heterocycles. The minimum atomic E-state index is -4.28. The lowest BCUT2D eigenvalue weighted by Crippen LogP contribution is -2.06. The van der Waals surface area contributed by atoms with Gasteiger partial charge >= 0.3 is 5.51 Å². The first-order valence-corrected chi connectivity index (χ1v) is 7.03. The lowest BCUT2D eigenvalue weighted by molar-refractivity contribution is -0.0328. The third-order valence-corrected chi connectivity index (χ3v) is 3.58. The summed E-state index contributed by atoms with van der Waals surface area (Å²) in [5.41, 5.74) is -2.68. The topological polar surface area (TPSA) is 12.0 Å². The van der Waals surface area contributed by atoms with E-state index in [9.17, 15) is 17.6 Å². The molecule has 1 unspecified atom stereocenters. The molecule has 0 aliphatic carbocycles. The van der Waals surface area contributed by atoms with Gasteiger partial charge in [-0.25, -0.2) is 4.39 Å². The van der Waals surface area contributed by atoms with E-state index < -0.39 is 5.51 Å². The molecule has 21 heavy (non-hydrogen) atoms. The Bertz CT molecular complexity index is 578. The van der Waals surface area contributed by atoms with Crippen LogP contribution in [0.15, 0.2) is 53.4 Å². The van der Waals surface area contributed by atoms with Crippen molar-refractivity contribution in [2.75, 3.05) is 5.32 Å². The highest BCUT2D eigenvalue weighted by molar-refractivity contribution is 8.00. The molecule has 0 heterocycles. The summed E-state index contributed by atoms with van der Waals surface area (Å²) in [5.74, 6) is -0.306. The molecule has 6 heteroatoms. The zero-order chi connectivity index (χ0) is 15.5. The molecule has 2 rings (SSSR count). The van der Waals surface area contributed by atoms with Crippen molar-refractivity contribution in [1.29, 1.82) is 0 Å². The monoisotopic (exact) mass is 315 g/mol. The molecule has 0 aliphatic heterocycles.